The van der Waals surface area contributed by atoms with Crippen molar-refractivity contribution in [2.45, 2.75) is 44.1 Å². The van der Waals surface area contributed by atoms with Gasteiger partial charge in [0, 0.05) is 43.6 Å². The van der Waals surface area contributed by atoms with Gasteiger partial charge >= 0.3 is 12.4 Å². The van der Waals surface area contributed by atoms with Gasteiger partial charge in [0.2, 0.25) is 0 Å². The number of nitroso groups, excluding NO2 is 1. The first-order chi connectivity index (χ1) is 17.9. The summed E-state index contributed by atoms with van der Waals surface area (Å²) in [4.78, 5) is 23.5. The summed E-state index contributed by atoms with van der Waals surface area (Å²) in [6.45, 7) is 1.88. The lowest BCUT2D eigenvalue weighted by Gasteiger charge is -2.33. The van der Waals surface area contributed by atoms with Gasteiger partial charge < -0.3 is 9.64 Å². The minimum Gasteiger partial charge on any atom is -0.380 e. The van der Waals surface area contributed by atoms with Gasteiger partial charge in [0.25, 0.3) is 0 Å². The number of hydrogen-bond donors (Lipinski definition) is 0. The van der Waals surface area contributed by atoms with Crippen molar-refractivity contribution in [3.05, 3.63) is 87.5 Å². The third kappa shape index (κ3) is 8.41. The van der Waals surface area contributed by atoms with Crippen molar-refractivity contribution >= 4 is 5.78 Å². The molecular formula is C27H28F6N2O3. The predicted molar refractivity (Wildman–Crippen MR) is 129 cm³/mol. The van der Waals surface area contributed by atoms with Crippen LogP contribution in [0.4, 0.5) is 26.3 Å². The summed E-state index contributed by atoms with van der Waals surface area (Å²) in [6, 6.07) is 11.6. The van der Waals surface area contributed by atoms with Gasteiger partial charge in [-0.25, -0.2) is 0 Å². The molecule has 1 heterocycles. The first-order valence-electron chi connectivity index (χ1n) is 12.0. The third-order valence-electron chi connectivity index (χ3n) is 6.43. The standard InChI is InChI=1S/C18H23NO2.C9H5F6NO/c1-19(17-7-8-18(20)10-17)11-14-9-16(13-21-12-14)15-5-3-2-4-6-15;10-8(11,12)6-1-5(4-16-17)2-7(3-6)9(13,14)15/h2-6,10,14,16H,7-9,11-13H2,1H3;1-3H,4H2. The monoisotopic (exact) mass is 542 g/mol. The molecule has 1 aliphatic heterocycles. The number of rotatable bonds is 6. The Bertz CT molecular complexity index is 1100. The summed E-state index contributed by atoms with van der Waals surface area (Å²) in [7, 11) is 2.09. The van der Waals surface area contributed by atoms with Crippen LogP contribution < -0.4 is 0 Å². The minimum absolute atomic E-state index is 0.00565. The summed E-state index contributed by atoms with van der Waals surface area (Å²) < 4.78 is 79.6. The predicted octanol–water partition coefficient (Wildman–Crippen LogP) is 6.98. The van der Waals surface area contributed by atoms with E-state index in [0.29, 0.717) is 30.4 Å². The Balaban J connectivity index is 0.000000216. The molecule has 1 aliphatic carbocycles. The van der Waals surface area contributed by atoms with Gasteiger partial charge in [-0.05, 0) is 42.2 Å². The molecule has 2 aromatic rings. The largest absolute Gasteiger partial charge is 0.416 e. The molecule has 5 nitrogen and oxygen atoms in total. The highest BCUT2D eigenvalue weighted by Crippen LogP contribution is 2.36. The summed E-state index contributed by atoms with van der Waals surface area (Å²) in [6.07, 6.45) is -5.27. The molecule has 206 valence electrons. The Morgan fingerprint density at radius 1 is 0.947 bits per heavy atom. The smallest absolute Gasteiger partial charge is 0.380 e. The van der Waals surface area contributed by atoms with E-state index in [1.807, 2.05) is 0 Å². The molecule has 2 aromatic carbocycles. The Labute approximate surface area is 216 Å². The van der Waals surface area contributed by atoms with E-state index < -0.39 is 35.6 Å². The molecule has 2 aliphatic rings. The first kappa shape index (κ1) is 29.3. The normalized spacial score (nSPS) is 19.9. The van der Waals surface area contributed by atoms with Crippen LogP contribution >= 0.6 is 0 Å². The molecule has 2 atom stereocenters. The maximum absolute atomic E-state index is 12.3. The molecule has 0 spiro atoms. The summed E-state index contributed by atoms with van der Waals surface area (Å²) >= 11 is 0. The van der Waals surface area contributed by atoms with Gasteiger partial charge in [-0.3, -0.25) is 4.79 Å². The zero-order valence-electron chi connectivity index (χ0n) is 20.7. The summed E-state index contributed by atoms with van der Waals surface area (Å²) in [5.74, 6) is 1.29. The van der Waals surface area contributed by atoms with E-state index in [2.05, 4.69) is 47.5 Å². The zero-order chi connectivity index (χ0) is 27.9. The molecule has 1 saturated heterocycles. The molecule has 0 saturated carbocycles. The van der Waals surface area contributed by atoms with E-state index >= 15 is 0 Å². The first-order valence-corrected chi connectivity index (χ1v) is 12.0. The maximum Gasteiger partial charge on any atom is 0.416 e. The number of ether oxygens (including phenoxy) is 1. The Hall–Kier alpha value is -3.21. The van der Waals surface area contributed by atoms with Crippen molar-refractivity contribution in [3.8, 4) is 0 Å². The van der Waals surface area contributed by atoms with Crippen LogP contribution in [0.2, 0.25) is 0 Å². The number of nitrogens with zero attached hydrogens (tertiary/aromatic N) is 2. The van der Waals surface area contributed by atoms with Crippen LogP contribution in [0.15, 0.2) is 65.5 Å². The molecule has 0 amide bonds. The summed E-state index contributed by atoms with van der Waals surface area (Å²) in [5.41, 5.74) is -0.777. The SMILES string of the molecule is CN(CC1COCC(c2ccccc2)C1)C1=CC(=O)CC1.O=NCc1cc(C(F)(F)F)cc(C(F)(F)F)c1. The summed E-state index contributed by atoms with van der Waals surface area (Å²) in [5, 5.41) is 2.27. The zero-order valence-corrected chi connectivity index (χ0v) is 20.7. The van der Waals surface area contributed by atoms with Gasteiger partial charge in [-0.1, -0.05) is 35.5 Å². The molecule has 0 bridgehead atoms. The molecule has 0 radical (unpaired) electrons. The van der Waals surface area contributed by atoms with Crippen LogP contribution in [-0.2, 0) is 28.4 Å². The van der Waals surface area contributed by atoms with Crippen LogP contribution in [0.25, 0.3) is 0 Å². The number of halogens is 6. The van der Waals surface area contributed by atoms with Crippen LogP contribution in [0, 0.1) is 10.8 Å². The molecule has 4 rings (SSSR count). The van der Waals surface area contributed by atoms with E-state index in [4.69, 9.17) is 4.74 Å². The molecule has 2 unspecified atom stereocenters. The second kappa shape index (κ2) is 12.6. The molecule has 11 heteroatoms. The lowest BCUT2D eigenvalue weighted by atomic mass is 9.87. The number of alkyl halides is 6. The Morgan fingerprint density at radius 2 is 1.58 bits per heavy atom. The number of carbonyl (C=O) groups excluding carboxylic acids is 1. The van der Waals surface area contributed by atoms with Gasteiger partial charge in [0.05, 0.1) is 24.3 Å². The van der Waals surface area contributed by atoms with Crippen molar-refractivity contribution in [3.63, 3.8) is 0 Å². The lowest BCUT2D eigenvalue weighted by Crippen LogP contribution is -2.33. The van der Waals surface area contributed by atoms with Crippen LogP contribution in [-0.4, -0.2) is 37.5 Å². The number of benzene rings is 2. The highest BCUT2D eigenvalue weighted by atomic mass is 19.4. The Kier molecular flexibility index (Phi) is 9.70. The van der Waals surface area contributed by atoms with Crippen LogP contribution in [0.3, 0.4) is 0 Å². The fraction of sp³-hybridized carbons (Fsp3) is 0.444. The minimum atomic E-state index is -4.90. The van der Waals surface area contributed by atoms with Gasteiger partial charge in [-0.2, -0.15) is 31.2 Å². The van der Waals surface area contributed by atoms with Crippen molar-refractivity contribution in [1.82, 2.24) is 4.90 Å². The van der Waals surface area contributed by atoms with E-state index in [1.54, 1.807) is 6.08 Å². The fourth-order valence-electron chi connectivity index (χ4n) is 4.57. The Morgan fingerprint density at radius 3 is 2.11 bits per heavy atom. The highest BCUT2D eigenvalue weighted by molar-refractivity contribution is 5.92. The molecule has 1 fully saturated rings. The maximum atomic E-state index is 12.3. The van der Waals surface area contributed by atoms with E-state index in [-0.39, 0.29) is 11.8 Å². The topological polar surface area (TPSA) is 59.0 Å². The average Bonchev–Trinajstić information content (AvgIpc) is 3.31. The quantitative estimate of drug-likeness (QED) is 0.292. The second-order valence-corrected chi connectivity index (χ2v) is 9.43. The van der Waals surface area contributed by atoms with Gasteiger partial charge in [0.15, 0.2) is 5.78 Å². The number of allylic oxidation sites excluding steroid dienone is 2. The van der Waals surface area contributed by atoms with Crippen LogP contribution in [0.1, 0.15) is 47.4 Å². The number of ketones is 1. The van der Waals surface area contributed by atoms with Gasteiger partial charge in [-0.15, -0.1) is 0 Å². The third-order valence-corrected chi connectivity index (χ3v) is 6.43. The highest BCUT2D eigenvalue weighted by Gasteiger charge is 2.36. The van der Waals surface area contributed by atoms with Gasteiger partial charge in [0.1, 0.15) is 6.54 Å². The van der Waals surface area contributed by atoms with Crippen molar-refractivity contribution in [2.24, 2.45) is 11.1 Å². The molecule has 0 aromatic heterocycles. The van der Waals surface area contributed by atoms with Crippen LogP contribution in [0.5, 0.6) is 0 Å². The molecule has 0 N–H and O–H groups in total. The van der Waals surface area contributed by atoms with Crippen molar-refractivity contribution in [2.75, 3.05) is 26.8 Å². The number of hydrogen-bond acceptors (Lipinski definition) is 5. The second-order valence-electron chi connectivity index (χ2n) is 9.43. The van der Waals surface area contributed by atoms with Crippen molar-refractivity contribution < 1.29 is 35.9 Å². The van der Waals surface area contributed by atoms with Crippen molar-refractivity contribution in [1.29, 1.82) is 0 Å². The van der Waals surface area contributed by atoms with E-state index in [9.17, 15) is 36.0 Å². The number of carbonyl (C=O) groups is 1. The van der Waals surface area contributed by atoms with E-state index in [0.717, 1.165) is 32.6 Å². The fourth-order valence-corrected chi connectivity index (χ4v) is 4.57. The van der Waals surface area contributed by atoms with E-state index in [1.165, 1.54) is 11.3 Å². The lowest BCUT2D eigenvalue weighted by molar-refractivity contribution is -0.143. The average molecular weight is 543 g/mol. The molecule has 38 heavy (non-hydrogen) atoms. The molecular weight excluding hydrogens is 514 g/mol.